The van der Waals surface area contributed by atoms with Gasteiger partial charge in [0.25, 0.3) is 0 Å². The number of aromatic amines is 1. The number of halogens is 2. The van der Waals surface area contributed by atoms with Crippen LogP contribution in [0.5, 0.6) is 17.4 Å². The molecule has 0 unspecified atom stereocenters. The highest BCUT2D eigenvalue weighted by atomic mass is 32.2. The average Bonchev–Trinajstić information content (AvgIpc) is 3.49. The van der Waals surface area contributed by atoms with E-state index in [4.69, 9.17) is 10.5 Å². The Hall–Kier alpha value is -4.58. The largest absolute Gasteiger partial charge is 0.436 e. The Kier molecular flexibility index (Phi) is 6.40. The molecule has 0 saturated carbocycles. The van der Waals surface area contributed by atoms with E-state index in [2.05, 4.69) is 24.7 Å². The third-order valence-electron chi connectivity index (χ3n) is 5.62. The van der Waals surface area contributed by atoms with Gasteiger partial charge in [0.2, 0.25) is 11.7 Å². The van der Waals surface area contributed by atoms with E-state index in [0.29, 0.717) is 27.8 Å². The second kappa shape index (κ2) is 9.82. The maximum Gasteiger partial charge on any atom is 0.222 e. The van der Waals surface area contributed by atoms with Gasteiger partial charge in [0.15, 0.2) is 17.3 Å². The summed E-state index contributed by atoms with van der Waals surface area (Å²) in [6.07, 6.45) is 4.61. The Morgan fingerprint density at radius 1 is 1.16 bits per heavy atom. The predicted octanol–water partition coefficient (Wildman–Crippen LogP) is 5.75. The van der Waals surface area contributed by atoms with Crippen LogP contribution in [0.15, 0.2) is 60.9 Å². The zero-order chi connectivity index (χ0) is 26.1. The fraction of sp³-hybridized carbons (Fsp3) is 0.0800. The van der Waals surface area contributed by atoms with E-state index in [0.717, 1.165) is 0 Å². The Bertz CT molecular complexity index is 1630. The first-order valence-corrected chi connectivity index (χ1v) is 12.1. The number of aromatic nitrogens is 4. The minimum atomic E-state index is -0.505. The van der Waals surface area contributed by atoms with Gasteiger partial charge in [-0.2, -0.15) is 5.10 Å². The number of carbonyl (C=O) groups excluding carboxylic acids is 1. The number of anilines is 2. The van der Waals surface area contributed by atoms with Crippen LogP contribution in [0.25, 0.3) is 16.6 Å². The lowest BCUT2D eigenvalue weighted by molar-refractivity contribution is -0.00504. The molecule has 12 heteroatoms. The predicted molar refractivity (Wildman–Crippen MR) is 138 cm³/mol. The molecule has 5 rings (SSSR count). The Morgan fingerprint density at radius 2 is 1.97 bits per heavy atom. The van der Waals surface area contributed by atoms with Crippen molar-refractivity contribution >= 4 is 40.1 Å². The molecular weight excluding hydrogens is 502 g/mol. The molecule has 0 saturated heterocycles. The van der Waals surface area contributed by atoms with Crippen molar-refractivity contribution in [3.8, 4) is 23.1 Å². The van der Waals surface area contributed by atoms with Crippen LogP contribution in [-0.4, -0.2) is 31.8 Å². The number of H-pyrrole nitrogens is 1. The van der Waals surface area contributed by atoms with Gasteiger partial charge < -0.3 is 20.2 Å². The molecule has 0 aliphatic rings. The third kappa shape index (κ3) is 4.54. The van der Waals surface area contributed by atoms with E-state index in [-0.39, 0.29) is 34.5 Å². The van der Waals surface area contributed by atoms with Crippen molar-refractivity contribution in [1.29, 1.82) is 0 Å². The highest BCUT2D eigenvalue weighted by Gasteiger charge is 2.21. The number of para-hydroxylation sites is 1. The molecule has 0 radical (unpaired) electrons. The summed E-state index contributed by atoms with van der Waals surface area (Å²) in [5.41, 5.74) is 8.82. The lowest BCUT2D eigenvalue weighted by Gasteiger charge is -2.10. The number of rotatable bonds is 8. The van der Waals surface area contributed by atoms with Crippen LogP contribution in [0, 0.1) is 12.7 Å². The molecule has 2 aromatic carbocycles. The normalized spacial score (nSPS) is 11.0. The van der Waals surface area contributed by atoms with Crippen LogP contribution in [0.2, 0.25) is 0 Å². The summed E-state index contributed by atoms with van der Waals surface area (Å²) < 4.78 is 36.8. The van der Waals surface area contributed by atoms with Gasteiger partial charge in [0.1, 0.15) is 5.82 Å². The molecule has 3 heterocycles. The topological polar surface area (TPSA) is 120 Å². The van der Waals surface area contributed by atoms with Gasteiger partial charge in [-0.15, -0.1) is 0 Å². The van der Waals surface area contributed by atoms with Crippen LogP contribution >= 0.6 is 11.9 Å². The number of carbonyl (C=O) groups is 1. The van der Waals surface area contributed by atoms with Crippen molar-refractivity contribution in [3.05, 3.63) is 83.6 Å². The Balaban J connectivity index is 1.43. The van der Waals surface area contributed by atoms with Gasteiger partial charge in [0.05, 0.1) is 35.0 Å². The van der Waals surface area contributed by atoms with Gasteiger partial charge >= 0.3 is 0 Å². The first-order chi connectivity index (χ1) is 17.9. The van der Waals surface area contributed by atoms with Crippen LogP contribution in [0.1, 0.15) is 21.6 Å². The van der Waals surface area contributed by atoms with Crippen molar-refractivity contribution in [2.75, 3.05) is 16.7 Å². The summed E-state index contributed by atoms with van der Waals surface area (Å²) >= 11 is 1.27. The van der Waals surface area contributed by atoms with E-state index in [1.54, 1.807) is 43.5 Å². The minimum absolute atomic E-state index is 0.00233. The zero-order valence-electron chi connectivity index (χ0n) is 19.6. The molecule has 0 bridgehead atoms. The number of aryl methyl sites for hydroxylation is 1. The maximum absolute atomic E-state index is 13.9. The van der Waals surface area contributed by atoms with Gasteiger partial charge in [-0.1, -0.05) is 24.1 Å². The number of ether oxygens (including phenoxy) is 1. The number of ketones is 1. The van der Waals surface area contributed by atoms with Crippen molar-refractivity contribution in [1.82, 2.24) is 19.7 Å². The molecule has 5 aromatic rings. The highest BCUT2D eigenvalue weighted by molar-refractivity contribution is 7.99. The highest BCUT2D eigenvalue weighted by Crippen LogP contribution is 2.33. The third-order valence-corrected chi connectivity index (χ3v) is 6.04. The van der Waals surface area contributed by atoms with E-state index < -0.39 is 11.6 Å². The summed E-state index contributed by atoms with van der Waals surface area (Å²) in [4.78, 5) is 24.5. The molecule has 0 amide bonds. The Labute approximate surface area is 213 Å². The number of hydrogen-bond donors (Lipinski definition) is 3. The van der Waals surface area contributed by atoms with Crippen molar-refractivity contribution in [2.45, 2.75) is 6.92 Å². The van der Waals surface area contributed by atoms with E-state index in [1.165, 1.54) is 47.2 Å². The molecular formula is C25H20F2N6O3S. The average molecular weight is 523 g/mol. The molecule has 0 fully saturated rings. The number of nitrogens with one attached hydrogen (secondary N) is 2. The standard InChI is InChI=1S/C25H20F2N6O3S/c1-13-7-15(11-29-25(13)35-21-6-4-3-5-17(21)26)33-24(28)16(12-30-33)23(34)20-8-14-9-22(36-27)19(32-37-2)10-18(14)31-20/h3-12,31-32H,28H2,1-2H3. The second-order valence-corrected chi connectivity index (χ2v) is 8.65. The Morgan fingerprint density at radius 3 is 2.70 bits per heavy atom. The number of nitrogen functional groups attached to an aromatic ring is 1. The van der Waals surface area contributed by atoms with Gasteiger partial charge in [0, 0.05) is 27.2 Å². The number of fused-ring (bicyclic) bond motifs is 1. The van der Waals surface area contributed by atoms with Crippen molar-refractivity contribution < 1.29 is 23.4 Å². The quantitative estimate of drug-likeness (QED) is 0.174. The number of benzene rings is 2. The smallest absolute Gasteiger partial charge is 0.222 e. The van der Waals surface area contributed by atoms with Crippen LogP contribution in [-0.2, 0) is 0 Å². The molecule has 0 aliphatic heterocycles. The number of hydrogen-bond acceptors (Lipinski definition) is 8. The monoisotopic (exact) mass is 522 g/mol. The lowest BCUT2D eigenvalue weighted by atomic mass is 10.1. The van der Waals surface area contributed by atoms with E-state index in [9.17, 15) is 13.7 Å². The van der Waals surface area contributed by atoms with E-state index >= 15 is 0 Å². The first-order valence-electron chi connectivity index (χ1n) is 10.9. The van der Waals surface area contributed by atoms with E-state index in [1.807, 2.05) is 0 Å². The number of pyridine rings is 1. The molecule has 188 valence electrons. The maximum atomic E-state index is 13.9. The number of nitrogens with two attached hydrogens (primary N) is 1. The summed E-state index contributed by atoms with van der Waals surface area (Å²) in [7, 11) is 0. The fourth-order valence-electron chi connectivity index (χ4n) is 3.82. The SMILES string of the molecule is CSNc1cc2[nH]c(C(=O)c3cnn(-c4cnc(Oc5ccccc5F)c(C)c4)c3N)cc2cc1OF. The van der Waals surface area contributed by atoms with Gasteiger partial charge in [-0.25, -0.2) is 14.1 Å². The fourth-order valence-corrected chi connectivity index (χ4v) is 4.20. The zero-order valence-corrected chi connectivity index (χ0v) is 20.4. The summed E-state index contributed by atoms with van der Waals surface area (Å²) in [5, 5.41) is 4.84. The summed E-state index contributed by atoms with van der Waals surface area (Å²) in [6, 6.07) is 12.4. The summed E-state index contributed by atoms with van der Waals surface area (Å²) in [5.74, 6) is -0.526. The summed E-state index contributed by atoms with van der Waals surface area (Å²) in [6.45, 7) is 1.75. The molecule has 37 heavy (non-hydrogen) atoms. The number of nitrogens with zero attached hydrogens (tertiary/aromatic N) is 3. The molecule has 0 spiro atoms. The lowest BCUT2D eigenvalue weighted by Crippen LogP contribution is -2.08. The second-order valence-electron chi connectivity index (χ2n) is 8.03. The molecule has 0 atom stereocenters. The van der Waals surface area contributed by atoms with Crippen molar-refractivity contribution in [3.63, 3.8) is 0 Å². The molecule has 9 nitrogen and oxygen atoms in total. The molecule has 0 aliphatic carbocycles. The van der Waals surface area contributed by atoms with Crippen LogP contribution < -0.4 is 20.1 Å². The van der Waals surface area contributed by atoms with Crippen LogP contribution in [0.4, 0.5) is 20.4 Å². The molecule has 3 aromatic heterocycles. The van der Waals surface area contributed by atoms with Gasteiger partial charge in [-0.3, -0.25) is 9.74 Å². The van der Waals surface area contributed by atoms with Crippen molar-refractivity contribution in [2.24, 2.45) is 0 Å². The van der Waals surface area contributed by atoms with Crippen LogP contribution in [0.3, 0.4) is 0 Å². The molecule has 4 N–H and O–H groups in total. The van der Waals surface area contributed by atoms with Gasteiger partial charge in [-0.05, 0) is 43.3 Å². The minimum Gasteiger partial charge on any atom is -0.436 e. The first kappa shape index (κ1) is 24.1.